The fourth-order valence-corrected chi connectivity index (χ4v) is 1.58. The summed E-state index contributed by atoms with van der Waals surface area (Å²) < 4.78 is 0. The molecule has 80 valence electrons. The third-order valence-electron chi connectivity index (χ3n) is 2.24. The van der Waals surface area contributed by atoms with Gasteiger partial charge in [0.15, 0.2) is 0 Å². The Bertz CT molecular complexity index is 399. The van der Waals surface area contributed by atoms with Gasteiger partial charge in [-0.2, -0.15) is 0 Å². The van der Waals surface area contributed by atoms with E-state index in [1.807, 2.05) is 32.9 Å². The van der Waals surface area contributed by atoms with E-state index >= 15 is 0 Å². The minimum atomic E-state index is -0.565. The van der Waals surface area contributed by atoms with Crippen molar-refractivity contribution < 1.29 is 9.59 Å². The monoisotopic (exact) mass is 205 g/mol. The number of hydrogen-bond acceptors (Lipinski definition) is 2. The first-order valence-electron chi connectivity index (χ1n) is 4.81. The SMILES string of the molecule is CC(=O)C(=O)Nc1c(C)cc(C)cc1C. The summed E-state index contributed by atoms with van der Waals surface area (Å²) in [7, 11) is 0. The number of aryl methyl sites for hydroxylation is 3. The van der Waals surface area contributed by atoms with Gasteiger partial charge < -0.3 is 5.32 Å². The molecule has 1 rings (SSSR count). The molecule has 1 aromatic rings. The van der Waals surface area contributed by atoms with Crippen molar-refractivity contribution in [1.29, 1.82) is 0 Å². The number of nitrogens with one attached hydrogen (secondary N) is 1. The zero-order valence-corrected chi connectivity index (χ0v) is 9.47. The maximum absolute atomic E-state index is 11.2. The Balaban J connectivity index is 3.05. The molecule has 0 aliphatic heterocycles. The standard InChI is InChI=1S/C12H15NO2/c1-7-5-8(2)11(9(3)6-7)13-12(15)10(4)14/h5-6H,1-4H3,(H,13,15). The fraction of sp³-hybridized carbons (Fsp3) is 0.333. The largest absolute Gasteiger partial charge is 0.319 e. The van der Waals surface area contributed by atoms with Crippen molar-refractivity contribution in [3.05, 3.63) is 28.8 Å². The molecule has 0 aromatic heterocycles. The Morgan fingerprint density at radius 2 is 1.53 bits per heavy atom. The van der Waals surface area contributed by atoms with Crippen molar-refractivity contribution in [2.24, 2.45) is 0 Å². The first-order valence-corrected chi connectivity index (χ1v) is 4.81. The number of benzene rings is 1. The second-order valence-corrected chi connectivity index (χ2v) is 3.78. The number of amides is 1. The molecule has 0 spiro atoms. The van der Waals surface area contributed by atoms with Crippen molar-refractivity contribution in [3.8, 4) is 0 Å². The van der Waals surface area contributed by atoms with E-state index < -0.39 is 11.7 Å². The first kappa shape index (κ1) is 11.4. The molecule has 0 radical (unpaired) electrons. The molecule has 0 aliphatic carbocycles. The maximum Gasteiger partial charge on any atom is 0.291 e. The molecular weight excluding hydrogens is 190 g/mol. The van der Waals surface area contributed by atoms with E-state index in [9.17, 15) is 9.59 Å². The summed E-state index contributed by atoms with van der Waals surface area (Å²) >= 11 is 0. The molecular formula is C12H15NO2. The van der Waals surface area contributed by atoms with Crippen LogP contribution in [0, 0.1) is 20.8 Å². The smallest absolute Gasteiger partial charge is 0.291 e. The molecule has 1 amide bonds. The van der Waals surface area contributed by atoms with Crippen molar-refractivity contribution in [3.63, 3.8) is 0 Å². The lowest BCUT2D eigenvalue weighted by Gasteiger charge is -2.11. The van der Waals surface area contributed by atoms with E-state index in [0.717, 1.165) is 22.4 Å². The highest BCUT2D eigenvalue weighted by Gasteiger charge is 2.11. The number of carbonyl (C=O) groups is 2. The van der Waals surface area contributed by atoms with Crippen LogP contribution in [0.15, 0.2) is 12.1 Å². The molecule has 3 nitrogen and oxygen atoms in total. The van der Waals surface area contributed by atoms with Crippen molar-refractivity contribution in [2.75, 3.05) is 5.32 Å². The minimum Gasteiger partial charge on any atom is -0.319 e. The summed E-state index contributed by atoms with van der Waals surface area (Å²) in [4.78, 5) is 22.1. The Labute approximate surface area is 89.5 Å². The second kappa shape index (κ2) is 4.26. The van der Waals surface area contributed by atoms with Gasteiger partial charge in [-0.25, -0.2) is 0 Å². The van der Waals surface area contributed by atoms with Crippen LogP contribution in [0.4, 0.5) is 5.69 Å². The molecule has 3 heteroatoms. The molecule has 0 atom stereocenters. The lowest BCUT2D eigenvalue weighted by atomic mass is 10.1. The normalized spacial score (nSPS) is 9.87. The van der Waals surface area contributed by atoms with Gasteiger partial charge >= 0.3 is 0 Å². The predicted molar refractivity (Wildman–Crippen MR) is 60.0 cm³/mol. The number of rotatable bonds is 2. The van der Waals surface area contributed by atoms with Gasteiger partial charge in [0.05, 0.1) is 0 Å². The highest BCUT2D eigenvalue weighted by atomic mass is 16.2. The van der Waals surface area contributed by atoms with Gasteiger partial charge in [-0.1, -0.05) is 17.7 Å². The van der Waals surface area contributed by atoms with E-state index in [1.165, 1.54) is 6.92 Å². The van der Waals surface area contributed by atoms with E-state index in [4.69, 9.17) is 0 Å². The highest BCUT2D eigenvalue weighted by Crippen LogP contribution is 2.21. The minimum absolute atomic E-state index is 0.477. The van der Waals surface area contributed by atoms with Crippen molar-refractivity contribution in [1.82, 2.24) is 0 Å². The summed E-state index contributed by atoms with van der Waals surface area (Å²) in [6.45, 7) is 7.08. The zero-order chi connectivity index (χ0) is 11.6. The first-order chi connectivity index (χ1) is 6.91. The van der Waals surface area contributed by atoms with Gasteiger partial charge in [-0.05, 0) is 31.9 Å². The van der Waals surface area contributed by atoms with Crippen molar-refractivity contribution in [2.45, 2.75) is 27.7 Å². The quantitative estimate of drug-likeness (QED) is 0.752. The molecule has 0 heterocycles. The van der Waals surface area contributed by atoms with E-state index in [0.29, 0.717) is 0 Å². The molecule has 0 unspecified atom stereocenters. The molecule has 0 bridgehead atoms. The van der Waals surface area contributed by atoms with Crippen LogP contribution < -0.4 is 5.32 Å². The molecule has 0 fully saturated rings. The molecule has 15 heavy (non-hydrogen) atoms. The van der Waals surface area contributed by atoms with Crippen LogP contribution in [0.5, 0.6) is 0 Å². The van der Waals surface area contributed by atoms with Crippen LogP contribution in [0.2, 0.25) is 0 Å². The molecule has 0 saturated heterocycles. The number of carbonyl (C=O) groups excluding carboxylic acids is 2. The van der Waals surface area contributed by atoms with Crippen LogP contribution in [0.3, 0.4) is 0 Å². The van der Waals surface area contributed by atoms with Crippen LogP contribution >= 0.6 is 0 Å². The number of Topliss-reactive ketones (excluding diaryl/α,β-unsaturated/α-hetero) is 1. The zero-order valence-electron chi connectivity index (χ0n) is 9.47. The third-order valence-corrected chi connectivity index (χ3v) is 2.24. The fourth-order valence-electron chi connectivity index (χ4n) is 1.58. The topological polar surface area (TPSA) is 46.2 Å². The van der Waals surface area contributed by atoms with E-state index in [-0.39, 0.29) is 0 Å². The van der Waals surface area contributed by atoms with Gasteiger partial charge in [-0.15, -0.1) is 0 Å². The van der Waals surface area contributed by atoms with Gasteiger partial charge in [0.25, 0.3) is 5.91 Å². The summed E-state index contributed by atoms with van der Waals surface area (Å²) in [5, 5.41) is 2.62. The number of anilines is 1. The summed E-state index contributed by atoms with van der Waals surface area (Å²) in [6.07, 6.45) is 0. The van der Waals surface area contributed by atoms with Crippen LogP contribution in [0.25, 0.3) is 0 Å². The number of ketones is 1. The molecule has 0 aliphatic rings. The van der Waals surface area contributed by atoms with Gasteiger partial charge in [0.2, 0.25) is 5.78 Å². The molecule has 1 N–H and O–H groups in total. The Hall–Kier alpha value is -1.64. The third kappa shape index (κ3) is 2.65. The average molecular weight is 205 g/mol. The van der Waals surface area contributed by atoms with Crippen LogP contribution in [0.1, 0.15) is 23.6 Å². The Morgan fingerprint density at radius 3 is 1.93 bits per heavy atom. The average Bonchev–Trinajstić information content (AvgIpc) is 2.10. The lowest BCUT2D eigenvalue weighted by molar-refractivity contribution is -0.133. The van der Waals surface area contributed by atoms with E-state index in [1.54, 1.807) is 0 Å². The Morgan fingerprint density at radius 1 is 1.07 bits per heavy atom. The molecule has 1 aromatic carbocycles. The van der Waals surface area contributed by atoms with Gasteiger partial charge in [0.1, 0.15) is 0 Å². The van der Waals surface area contributed by atoms with Crippen molar-refractivity contribution >= 4 is 17.4 Å². The summed E-state index contributed by atoms with van der Waals surface area (Å²) in [6, 6.07) is 3.95. The predicted octanol–water partition coefficient (Wildman–Crippen LogP) is 2.14. The number of hydrogen-bond donors (Lipinski definition) is 1. The lowest BCUT2D eigenvalue weighted by Crippen LogP contribution is -2.20. The van der Waals surface area contributed by atoms with E-state index in [2.05, 4.69) is 5.32 Å². The highest BCUT2D eigenvalue weighted by molar-refractivity contribution is 6.39. The summed E-state index contributed by atoms with van der Waals surface area (Å²) in [5.74, 6) is -1.04. The maximum atomic E-state index is 11.2. The molecule has 0 saturated carbocycles. The van der Waals surface area contributed by atoms with Crippen LogP contribution in [-0.4, -0.2) is 11.7 Å². The van der Waals surface area contributed by atoms with Crippen LogP contribution in [-0.2, 0) is 9.59 Å². The summed E-state index contributed by atoms with van der Waals surface area (Å²) in [5.41, 5.74) is 3.83. The van der Waals surface area contributed by atoms with Gasteiger partial charge in [-0.3, -0.25) is 9.59 Å². The Kier molecular flexibility index (Phi) is 3.24. The second-order valence-electron chi connectivity index (χ2n) is 3.78. The van der Waals surface area contributed by atoms with Gasteiger partial charge in [0, 0.05) is 12.6 Å².